The van der Waals surface area contributed by atoms with Crippen LogP contribution < -0.4 is 0 Å². The number of ether oxygens (including phenoxy) is 1. The topological polar surface area (TPSA) is 63.5 Å². The van der Waals surface area contributed by atoms with Gasteiger partial charge < -0.3 is 9.64 Å². The summed E-state index contributed by atoms with van der Waals surface area (Å²) in [5, 5.41) is 5.26. The smallest absolute Gasteiger partial charge is 0.263 e. The van der Waals surface area contributed by atoms with Crippen LogP contribution in [-0.2, 0) is 18.3 Å². The van der Waals surface area contributed by atoms with Gasteiger partial charge >= 0.3 is 0 Å². The molecule has 4 heterocycles. The molecule has 1 amide bonds. The predicted octanol–water partition coefficient (Wildman–Crippen LogP) is 2.31. The Kier molecular flexibility index (Phi) is 4.94. The standard InChI is InChI=1S/C19H23N5O2S/c1-22(2)19(25)17-16(14-5-4-7-20-18(14)27-17)15-12-24(9-10-26-15)11-13-6-8-21-23(13)3/h4-8,15H,9-12H2,1-3H3. The Hall–Kier alpha value is -2.29. The van der Waals surface area contributed by atoms with Crippen molar-refractivity contribution in [3.05, 3.63) is 46.7 Å². The van der Waals surface area contributed by atoms with Crippen LogP contribution >= 0.6 is 11.3 Å². The summed E-state index contributed by atoms with van der Waals surface area (Å²) >= 11 is 1.45. The van der Waals surface area contributed by atoms with E-state index in [9.17, 15) is 4.79 Å². The van der Waals surface area contributed by atoms with E-state index in [1.165, 1.54) is 11.3 Å². The molecular formula is C19H23N5O2S. The maximum atomic E-state index is 12.8. The number of amides is 1. The maximum Gasteiger partial charge on any atom is 0.263 e. The van der Waals surface area contributed by atoms with Crippen molar-refractivity contribution in [1.82, 2.24) is 24.6 Å². The lowest BCUT2D eigenvalue weighted by Gasteiger charge is -2.33. The summed E-state index contributed by atoms with van der Waals surface area (Å²) in [7, 11) is 5.51. The molecule has 1 unspecified atom stereocenters. The number of aromatic nitrogens is 3. The van der Waals surface area contributed by atoms with Gasteiger partial charge in [-0.3, -0.25) is 14.4 Å². The first-order valence-corrected chi connectivity index (χ1v) is 9.76. The Labute approximate surface area is 162 Å². The summed E-state index contributed by atoms with van der Waals surface area (Å²) in [6, 6.07) is 5.98. The maximum absolute atomic E-state index is 12.8. The summed E-state index contributed by atoms with van der Waals surface area (Å²) in [6.45, 7) is 3.04. The lowest BCUT2D eigenvalue weighted by atomic mass is 10.0. The zero-order valence-corrected chi connectivity index (χ0v) is 16.6. The molecule has 0 bridgehead atoms. The van der Waals surface area contributed by atoms with Crippen molar-refractivity contribution in [3.8, 4) is 0 Å². The van der Waals surface area contributed by atoms with E-state index in [2.05, 4.69) is 15.0 Å². The average Bonchev–Trinajstić information content (AvgIpc) is 3.24. The molecule has 3 aromatic rings. The highest BCUT2D eigenvalue weighted by Gasteiger charge is 2.30. The lowest BCUT2D eigenvalue weighted by Crippen LogP contribution is -2.38. The number of hydrogen-bond acceptors (Lipinski definition) is 6. The Balaban J connectivity index is 1.67. The fourth-order valence-electron chi connectivity index (χ4n) is 3.44. The van der Waals surface area contributed by atoms with Gasteiger partial charge in [-0.05, 0) is 12.1 Å². The van der Waals surface area contributed by atoms with Crippen molar-refractivity contribution in [1.29, 1.82) is 0 Å². The number of fused-ring (bicyclic) bond motifs is 1. The van der Waals surface area contributed by atoms with Gasteiger partial charge in [0, 0.05) is 64.1 Å². The van der Waals surface area contributed by atoms with E-state index in [1.807, 2.05) is 36.1 Å². The first-order valence-electron chi connectivity index (χ1n) is 8.94. The number of aryl methyl sites for hydroxylation is 1. The molecule has 0 radical (unpaired) electrons. The van der Waals surface area contributed by atoms with E-state index >= 15 is 0 Å². The highest BCUT2D eigenvalue weighted by atomic mass is 32.1. The number of rotatable bonds is 4. The molecular weight excluding hydrogens is 362 g/mol. The second-order valence-corrected chi connectivity index (χ2v) is 7.94. The Bertz CT molecular complexity index is 964. The van der Waals surface area contributed by atoms with E-state index in [0.717, 1.165) is 46.0 Å². The van der Waals surface area contributed by atoms with Gasteiger partial charge in [-0.15, -0.1) is 11.3 Å². The van der Waals surface area contributed by atoms with Crippen LogP contribution in [0.2, 0.25) is 0 Å². The number of pyridine rings is 1. The third-order valence-electron chi connectivity index (χ3n) is 4.89. The second-order valence-electron chi connectivity index (χ2n) is 6.94. The van der Waals surface area contributed by atoms with E-state index in [0.29, 0.717) is 6.61 Å². The molecule has 3 aromatic heterocycles. The van der Waals surface area contributed by atoms with Gasteiger partial charge in [0.2, 0.25) is 0 Å². The van der Waals surface area contributed by atoms with Crippen LogP contribution in [0.25, 0.3) is 10.2 Å². The number of morpholine rings is 1. The first-order chi connectivity index (χ1) is 13.0. The van der Waals surface area contributed by atoms with Gasteiger partial charge in [-0.25, -0.2) is 4.98 Å². The lowest BCUT2D eigenvalue weighted by molar-refractivity contribution is -0.0330. The van der Waals surface area contributed by atoms with E-state index in [1.54, 1.807) is 25.2 Å². The molecule has 0 aliphatic carbocycles. The Morgan fingerprint density at radius 3 is 2.96 bits per heavy atom. The molecule has 0 saturated carbocycles. The van der Waals surface area contributed by atoms with Crippen molar-refractivity contribution in [3.63, 3.8) is 0 Å². The number of nitrogens with zero attached hydrogens (tertiary/aromatic N) is 5. The number of carbonyl (C=O) groups is 1. The molecule has 1 fully saturated rings. The summed E-state index contributed by atoms with van der Waals surface area (Å²) < 4.78 is 8.02. The van der Waals surface area contributed by atoms with Crippen LogP contribution in [-0.4, -0.2) is 64.3 Å². The van der Waals surface area contributed by atoms with Gasteiger partial charge in [0.1, 0.15) is 9.71 Å². The predicted molar refractivity (Wildman–Crippen MR) is 105 cm³/mol. The molecule has 0 spiro atoms. The molecule has 8 heteroatoms. The van der Waals surface area contributed by atoms with E-state index < -0.39 is 0 Å². The summed E-state index contributed by atoms with van der Waals surface area (Å²) in [5.74, 6) is 0.000332. The van der Waals surface area contributed by atoms with Crippen molar-refractivity contribution < 1.29 is 9.53 Å². The van der Waals surface area contributed by atoms with Crippen LogP contribution in [0.15, 0.2) is 30.6 Å². The fourth-order valence-corrected chi connectivity index (χ4v) is 4.66. The highest BCUT2D eigenvalue weighted by molar-refractivity contribution is 7.20. The molecule has 1 aliphatic heterocycles. The average molecular weight is 385 g/mol. The van der Waals surface area contributed by atoms with Crippen LogP contribution in [0.1, 0.15) is 27.0 Å². The molecule has 0 aromatic carbocycles. The molecule has 1 aliphatic rings. The minimum absolute atomic E-state index is 0.000332. The zero-order chi connectivity index (χ0) is 19.0. The third-order valence-corrected chi connectivity index (χ3v) is 6.00. The van der Waals surface area contributed by atoms with Gasteiger partial charge in [-0.1, -0.05) is 6.07 Å². The Morgan fingerprint density at radius 2 is 2.22 bits per heavy atom. The van der Waals surface area contributed by atoms with Crippen molar-refractivity contribution in [2.45, 2.75) is 12.6 Å². The van der Waals surface area contributed by atoms with Crippen LogP contribution in [0, 0.1) is 0 Å². The monoisotopic (exact) mass is 385 g/mol. The summed E-state index contributed by atoms with van der Waals surface area (Å²) in [4.78, 5) is 22.8. The van der Waals surface area contributed by atoms with E-state index in [-0.39, 0.29) is 12.0 Å². The van der Waals surface area contributed by atoms with Crippen LogP contribution in [0.3, 0.4) is 0 Å². The van der Waals surface area contributed by atoms with Crippen LogP contribution in [0.4, 0.5) is 0 Å². The summed E-state index contributed by atoms with van der Waals surface area (Å²) in [5.41, 5.74) is 2.13. The fraction of sp³-hybridized carbons (Fsp3) is 0.421. The number of hydrogen-bond donors (Lipinski definition) is 0. The number of carbonyl (C=O) groups excluding carboxylic acids is 1. The van der Waals surface area contributed by atoms with Gasteiger partial charge in [0.25, 0.3) is 5.91 Å². The highest BCUT2D eigenvalue weighted by Crippen LogP contribution is 2.37. The first kappa shape index (κ1) is 18.1. The molecule has 0 N–H and O–H groups in total. The molecule has 1 atom stereocenters. The largest absolute Gasteiger partial charge is 0.371 e. The van der Waals surface area contributed by atoms with Gasteiger partial charge in [-0.2, -0.15) is 5.10 Å². The SMILES string of the molecule is CN(C)C(=O)c1sc2ncccc2c1C1CN(Cc2ccnn2C)CCO1. The molecule has 7 nitrogen and oxygen atoms in total. The Morgan fingerprint density at radius 1 is 1.37 bits per heavy atom. The van der Waals surface area contributed by atoms with Gasteiger partial charge in [0.05, 0.1) is 18.4 Å². The zero-order valence-electron chi connectivity index (χ0n) is 15.8. The molecule has 27 heavy (non-hydrogen) atoms. The van der Waals surface area contributed by atoms with E-state index in [4.69, 9.17) is 4.74 Å². The van der Waals surface area contributed by atoms with Gasteiger partial charge in [0.15, 0.2) is 0 Å². The minimum Gasteiger partial charge on any atom is -0.371 e. The van der Waals surface area contributed by atoms with Crippen molar-refractivity contribution in [2.75, 3.05) is 33.8 Å². The second kappa shape index (κ2) is 7.38. The molecule has 142 valence electrons. The molecule has 4 rings (SSSR count). The molecule has 1 saturated heterocycles. The minimum atomic E-state index is -0.149. The normalized spacial score (nSPS) is 18.1. The summed E-state index contributed by atoms with van der Waals surface area (Å²) in [6.07, 6.45) is 3.44. The number of thiophene rings is 1. The van der Waals surface area contributed by atoms with Crippen LogP contribution in [0.5, 0.6) is 0 Å². The van der Waals surface area contributed by atoms with Crippen molar-refractivity contribution in [2.24, 2.45) is 7.05 Å². The quantitative estimate of drug-likeness (QED) is 0.690. The van der Waals surface area contributed by atoms with Crippen molar-refractivity contribution >= 4 is 27.5 Å². The third kappa shape index (κ3) is 3.47.